The predicted molar refractivity (Wildman–Crippen MR) is 67.0 cm³/mol. The highest BCUT2D eigenvalue weighted by Crippen LogP contribution is 2.10. The van der Waals surface area contributed by atoms with E-state index < -0.39 is 0 Å². The van der Waals surface area contributed by atoms with E-state index in [1.807, 2.05) is 19.9 Å². The van der Waals surface area contributed by atoms with E-state index in [0.29, 0.717) is 19.6 Å². The van der Waals surface area contributed by atoms with Crippen LogP contribution in [0.15, 0.2) is 10.6 Å². The van der Waals surface area contributed by atoms with Crippen LogP contribution >= 0.6 is 0 Å². The highest BCUT2D eigenvalue weighted by Gasteiger charge is 2.28. The van der Waals surface area contributed by atoms with Crippen LogP contribution in [0, 0.1) is 6.92 Å². The Morgan fingerprint density at radius 1 is 1.72 bits per heavy atom. The molecule has 1 amide bonds. The van der Waals surface area contributed by atoms with Crippen molar-refractivity contribution in [1.82, 2.24) is 20.7 Å². The molecule has 18 heavy (non-hydrogen) atoms. The number of carbonyl (C=O) groups is 1. The molecule has 2 N–H and O–H groups in total. The number of aryl methyl sites for hydroxylation is 1. The van der Waals surface area contributed by atoms with Gasteiger partial charge in [-0.25, -0.2) is 0 Å². The van der Waals surface area contributed by atoms with Gasteiger partial charge in [0.25, 0.3) is 0 Å². The topological polar surface area (TPSA) is 70.4 Å². The predicted octanol–water partition coefficient (Wildman–Crippen LogP) is -0.107. The first-order valence-corrected chi connectivity index (χ1v) is 6.35. The van der Waals surface area contributed by atoms with Gasteiger partial charge in [0.2, 0.25) is 5.91 Å². The molecule has 1 aromatic heterocycles. The molecule has 1 atom stereocenters. The number of hydrogen-bond donors (Lipinski definition) is 2. The Morgan fingerprint density at radius 2 is 2.56 bits per heavy atom. The summed E-state index contributed by atoms with van der Waals surface area (Å²) in [5.41, 5.74) is 0.878. The zero-order chi connectivity index (χ0) is 13.0. The van der Waals surface area contributed by atoms with Crippen molar-refractivity contribution >= 4 is 5.91 Å². The van der Waals surface area contributed by atoms with Gasteiger partial charge in [-0.1, -0.05) is 5.16 Å². The minimum atomic E-state index is -0.129. The molecule has 6 heteroatoms. The van der Waals surface area contributed by atoms with Crippen LogP contribution in [0.1, 0.15) is 18.4 Å². The summed E-state index contributed by atoms with van der Waals surface area (Å²) < 4.78 is 5.06. The normalized spacial score (nSPS) is 20.9. The third-order valence-electron chi connectivity index (χ3n) is 3.05. The van der Waals surface area contributed by atoms with Crippen molar-refractivity contribution in [2.75, 3.05) is 26.2 Å². The maximum Gasteiger partial charge on any atom is 0.238 e. The highest BCUT2D eigenvalue weighted by atomic mass is 16.5. The van der Waals surface area contributed by atoms with Gasteiger partial charge in [0.15, 0.2) is 0 Å². The second kappa shape index (κ2) is 5.97. The van der Waals surface area contributed by atoms with Crippen LogP contribution in [0.25, 0.3) is 0 Å². The third kappa shape index (κ3) is 3.08. The molecular weight excluding hydrogens is 232 g/mol. The maximum absolute atomic E-state index is 12.0. The Hall–Kier alpha value is -1.40. The van der Waals surface area contributed by atoms with Crippen LogP contribution in [-0.2, 0) is 11.3 Å². The molecule has 0 spiro atoms. The van der Waals surface area contributed by atoms with Gasteiger partial charge in [0.05, 0.1) is 5.69 Å². The Kier molecular flexibility index (Phi) is 4.33. The van der Waals surface area contributed by atoms with Crippen molar-refractivity contribution in [3.8, 4) is 0 Å². The summed E-state index contributed by atoms with van der Waals surface area (Å²) in [5, 5.41) is 10.1. The number of piperazine rings is 1. The smallest absolute Gasteiger partial charge is 0.238 e. The monoisotopic (exact) mass is 252 g/mol. The van der Waals surface area contributed by atoms with E-state index >= 15 is 0 Å². The number of likely N-dealkylation sites (N-methyl/N-ethyl adjacent to an activating group) is 1. The van der Waals surface area contributed by atoms with E-state index in [1.165, 1.54) is 0 Å². The molecular formula is C12H20N4O2. The molecule has 0 bridgehead atoms. The van der Waals surface area contributed by atoms with Gasteiger partial charge in [-0.3, -0.25) is 9.69 Å². The molecule has 0 saturated carbocycles. The largest absolute Gasteiger partial charge is 0.361 e. The summed E-state index contributed by atoms with van der Waals surface area (Å²) in [6.07, 6.45) is 0. The molecule has 1 aliphatic rings. The van der Waals surface area contributed by atoms with Crippen LogP contribution in [0.4, 0.5) is 0 Å². The second-order valence-electron chi connectivity index (χ2n) is 4.51. The van der Waals surface area contributed by atoms with Crippen LogP contribution in [0.5, 0.6) is 0 Å². The molecule has 0 aliphatic carbocycles. The Morgan fingerprint density at radius 3 is 3.22 bits per heavy atom. The zero-order valence-corrected chi connectivity index (χ0v) is 10.9. The van der Waals surface area contributed by atoms with Gasteiger partial charge in [-0.05, 0) is 13.8 Å². The SMILES string of the molecule is CCNC(=O)C1CNCCN1Cc1cc(C)on1. The second-order valence-corrected chi connectivity index (χ2v) is 4.51. The molecule has 100 valence electrons. The van der Waals surface area contributed by atoms with Crippen molar-refractivity contribution < 1.29 is 9.32 Å². The van der Waals surface area contributed by atoms with Crippen molar-refractivity contribution in [3.05, 3.63) is 17.5 Å². The minimum absolute atomic E-state index is 0.0740. The molecule has 0 aromatic carbocycles. The lowest BCUT2D eigenvalue weighted by molar-refractivity contribution is -0.127. The lowest BCUT2D eigenvalue weighted by Crippen LogP contribution is -2.57. The Bertz CT molecular complexity index is 405. The average Bonchev–Trinajstić information content (AvgIpc) is 2.76. The molecule has 2 rings (SSSR count). The van der Waals surface area contributed by atoms with Gasteiger partial charge >= 0.3 is 0 Å². The van der Waals surface area contributed by atoms with Gasteiger partial charge in [-0.2, -0.15) is 0 Å². The van der Waals surface area contributed by atoms with Gasteiger partial charge < -0.3 is 15.2 Å². The lowest BCUT2D eigenvalue weighted by atomic mass is 10.1. The quantitative estimate of drug-likeness (QED) is 0.782. The highest BCUT2D eigenvalue weighted by molar-refractivity contribution is 5.82. The van der Waals surface area contributed by atoms with E-state index in [2.05, 4.69) is 20.7 Å². The van der Waals surface area contributed by atoms with Gasteiger partial charge in [-0.15, -0.1) is 0 Å². The molecule has 1 aromatic rings. The first kappa shape index (κ1) is 13.0. The number of nitrogens with zero attached hydrogens (tertiary/aromatic N) is 2. The standard InChI is InChI=1S/C12H20N4O2/c1-3-14-12(17)11-7-13-4-5-16(11)8-10-6-9(2)18-15-10/h6,11,13H,3-5,7-8H2,1-2H3,(H,14,17). The number of nitrogens with one attached hydrogen (secondary N) is 2. The summed E-state index contributed by atoms with van der Waals surface area (Å²) in [6, 6.07) is 1.78. The average molecular weight is 252 g/mol. The van der Waals surface area contributed by atoms with Gasteiger partial charge in [0.1, 0.15) is 11.8 Å². The van der Waals surface area contributed by atoms with E-state index in [0.717, 1.165) is 24.5 Å². The van der Waals surface area contributed by atoms with E-state index in [1.54, 1.807) is 0 Å². The van der Waals surface area contributed by atoms with Crippen molar-refractivity contribution in [3.63, 3.8) is 0 Å². The molecule has 1 fully saturated rings. The van der Waals surface area contributed by atoms with Crippen LogP contribution in [-0.4, -0.2) is 48.2 Å². The fourth-order valence-corrected chi connectivity index (χ4v) is 2.19. The lowest BCUT2D eigenvalue weighted by Gasteiger charge is -2.34. The summed E-state index contributed by atoms with van der Waals surface area (Å²) in [6.45, 7) is 7.53. The molecule has 1 saturated heterocycles. The molecule has 1 unspecified atom stereocenters. The molecule has 1 aliphatic heterocycles. The first-order valence-electron chi connectivity index (χ1n) is 6.35. The minimum Gasteiger partial charge on any atom is -0.361 e. The summed E-state index contributed by atoms with van der Waals surface area (Å²) in [5.74, 6) is 0.875. The Balaban J connectivity index is 2.01. The zero-order valence-electron chi connectivity index (χ0n) is 10.9. The summed E-state index contributed by atoms with van der Waals surface area (Å²) in [7, 11) is 0. The number of hydrogen-bond acceptors (Lipinski definition) is 5. The number of amides is 1. The number of rotatable bonds is 4. The fourth-order valence-electron chi connectivity index (χ4n) is 2.19. The molecule has 2 heterocycles. The number of aromatic nitrogens is 1. The number of carbonyl (C=O) groups excluding carboxylic acids is 1. The van der Waals surface area contributed by atoms with Crippen LogP contribution < -0.4 is 10.6 Å². The first-order chi connectivity index (χ1) is 8.70. The van der Waals surface area contributed by atoms with Crippen LogP contribution in [0.2, 0.25) is 0 Å². The summed E-state index contributed by atoms with van der Waals surface area (Å²) in [4.78, 5) is 14.1. The summed E-state index contributed by atoms with van der Waals surface area (Å²) >= 11 is 0. The van der Waals surface area contributed by atoms with Gasteiger partial charge in [0, 0.05) is 38.8 Å². The van der Waals surface area contributed by atoms with E-state index in [4.69, 9.17) is 4.52 Å². The fraction of sp³-hybridized carbons (Fsp3) is 0.667. The third-order valence-corrected chi connectivity index (χ3v) is 3.05. The van der Waals surface area contributed by atoms with E-state index in [9.17, 15) is 4.79 Å². The van der Waals surface area contributed by atoms with Crippen molar-refractivity contribution in [1.29, 1.82) is 0 Å². The van der Waals surface area contributed by atoms with Crippen LogP contribution in [0.3, 0.4) is 0 Å². The maximum atomic E-state index is 12.0. The van der Waals surface area contributed by atoms with Crippen molar-refractivity contribution in [2.24, 2.45) is 0 Å². The van der Waals surface area contributed by atoms with E-state index in [-0.39, 0.29) is 11.9 Å². The Labute approximate surface area is 107 Å². The van der Waals surface area contributed by atoms with Crippen molar-refractivity contribution in [2.45, 2.75) is 26.4 Å². The molecule has 0 radical (unpaired) electrons. The molecule has 6 nitrogen and oxygen atoms in total.